The van der Waals surface area contributed by atoms with Crippen molar-refractivity contribution < 1.29 is 14.0 Å². The maximum absolute atomic E-state index is 14.2. The molecule has 0 spiro atoms. The van der Waals surface area contributed by atoms with Crippen LogP contribution in [0.1, 0.15) is 38.5 Å². The van der Waals surface area contributed by atoms with Crippen LogP contribution in [-0.2, 0) is 9.59 Å². The van der Waals surface area contributed by atoms with Gasteiger partial charge in [-0.25, -0.2) is 9.29 Å². The Bertz CT molecular complexity index is 742. The predicted molar refractivity (Wildman–Crippen MR) is 87.6 cm³/mol. The number of fused-ring (bicyclic) bond motifs is 5. The van der Waals surface area contributed by atoms with Gasteiger partial charge < -0.3 is 0 Å². The van der Waals surface area contributed by atoms with E-state index in [-0.39, 0.29) is 41.2 Å². The summed E-state index contributed by atoms with van der Waals surface area (Å²) in [6.07, 6.45) is 6.39. The summed E-state index contributed by atoms with van der Waals surface area (Å²) >= 11 is 0. The van der Waals surface area contributed by atoms with Crippen LogP contribution in [0.2, 0.25) is 0 Å². The number of carbonyl (C=O) groups is 2. The predicted octanol–water partition coefficient (Wildman–Crippen LogP) is 3.84. The van der Waals surface area contributed by atoms with E-state index in [1.54, 1.807) is 18.2 Å². The van der Waals surface area contributed by atoms with E-state index in [0.29, 0.717) is 0 Å². The Morgan fingerprint density at radius 2 is 1.42 bits per heavy atom. The van der Waals surface area contributed by atoms with E-state index in [1.807, 2.05) is 0 Å². The molecule has 1 aliphatic heterocycles. The van der Waals surface area contributed by atoms with Gasteiger partial charge in [-0.05, 0) is 62.5 Å². The van der Waals surface area contributed by atoms with E-state index in [9.17, 15) is 14.0 Å². The molecule has 4 heteroatoms. The van der Waals surface area contributed by atoms with Crippen LogP contribution in [0.4, 0.5) is 10.1 Å². The lowest BCUT2D eigenvalue weighted by molar-refractivity contribution is -0.122. The Balaban J connectivity index is 1.63. The molecule has 4 atom stereocenters. The summed E-state index contributed by atoms with van der Waals surface area (Å²) < 4.78 is 14.2. The van der Waals surface area contributed by atoms with Crippen LogP contribution in [0.25, 0.3) is 0 Å². The molecule has 1 heterocycles. The van der Waals surface area contributed by atoms with E-state index in [4.69, 9.17) is 0 Å². The standard InChI is InChI=1S/C20H20FNO2/c21-15-9-1-2-10-16(15)22-19(23)17-13-7-3-5-11(13)12-6-4-8-14(12)18(17)20(22)24/h1-2,9-10,13-14,17-18H,3-8H2/t13-,14-,17-,18-/m1/s1. The molecule has 0 N–H and O–H groups in total. The molecule has 1 saturated heterocycles. The molecular weight excluding hydrogens is 305 g/mol. The molecule has 5 rings (SSSR count). The summed E-state index contributed by atoms with van der Waals surface area (Å²) in [6.45, 7) is 0. The van der Waals surface area contributed by atoms with Gasteiger partial charge in [0.15, 0.2) is 0 Å². The SMILES string of the molecule is O=C1[C@H]2[C@H](C(=O)N1c1ccccc1F)[C@@H]1CCCC1=C1CCC[C@H]12. The van der Waals surface area contributed by atoms with Crippen LogP contribution in [0.5, 0.6) is 0 Å². The van der Waals surface area contributed by atoms with E-state index in [1.165, 1.54) is 17.2 Å². The first-order valence-corrected chi connectivity index (χ1v) is 9.02. The van der Waals surface area contributed by atoms with Crippen LogP contribution in [0.3, 0.4) is 0 Å². The Labute approximate surface area is 140 Å². The first kappa shape index (κ1) is 14.4. The Kier molecular flexibility index (Phi) is 3.00. The molecule has 0 bridgehead atoms. The number of hydrogen-bond acceptors (Lipinski definition) is 2. The van der Waals surface area contributed by atoms with Crippen LogP contribution in [0.15, 0.2) is 35.4 Å². The molecular formula is C20H20FNO2. The first-order valence-electron chi connectivity index (χ1n) is 9.02. The van der Waals surface area contributed by atoms with Gasteiger partial charge in [0.05, 0.1) is 17.5 Å². The number of imide groups is 1. The minimum absolute atomic E-state index is 0.126. The van der Waals surface area contributed by atoms with Crippen LogP contribution in [0, 0.1) is 29.5 Å². The van der Waals surface area contributed by atoms with Crippen LogP contribution >= 0.6 is 0 Å². The van der Waals surface area contributed by atoms with Crippen molar-refractivity contribution >= 4 is 17.5 Å². The van der Waals surface area contributed by atoms with Gasteiger partial charge in [-0.15, -0.1) is 0 Å². The van der Waals surface area contributed by atoms with Gasteiger partial charge in [0.2, 0.25) is 11.8 Å². The number of halogens is 1. The van der Waals surface area contributed by atoms with Crippen molar-refractivity contribution in [2.45, 2.75) is 38.5 Å². The molecule has 1 aromatic rings. The monoisotopic (exact) mass is 325 g/mol. The zero-order chi connectivity index (χ0) is 16.4. The van der Waals surface area contributed by atoms with E-state index >= 15 is 0 Å². The molecule has 3 aliphatic carbocycles. The van der Waals surface area contributed by atoms with Crippen molar-refractivity contribution in [3.8, 4) is 0 Å². The number of anilines is 1. The fourth-order valence-electron chi connectivity index (χ4n) is 5.76. The normalized spacial score (nSPS) is 34.6. The number of carbonyl (C=O) groups excluding carboxylic acids is 2. The van der Waals surface area contributed by atoms with Gasteiger partial charge >= 0.3 is 0 Å². The average molecular weight is 325 g/mol. The quantitative estimate of drug-likeness (QED) is 0.581. The third-order valence-corrected chi connectivity index (χ3v) is 6.59. The lowest BCUT2D eigenvalue weighted by Crippen LogP contribution is -2.35. The van der Waals surface area contributed by atoms with Crippen molar-refractivity contribution in [3.05, 3.63) is 41.2 Å². The van der Waals surface area contributed by atoms with Crippen molar-refractivity contribution in [1.82, 2.24) is 0 Å². The molecule has 2 saturated carbocycles. The minimum Gasteiger partial charge on any atom is -0.274 e. The van der Waals surface area contributed by atoms with Crippen molar-refractivity contribution in [2.24, 2.45) is 23.7 Å². The van der Waals surface area contributed by atoms with Crippen molar-refractivity contribution in [3.63, 3.8) is 0 Å². The summed E-state index contributed by atoms with van der Waals surface area (Å²) in [7, 11) is 0. The molecule has 3 fully saturated rings. The Morgan fingerprint density at radius 1 is 0.875 bits per heavy atom. The highest BCUT2D eigenvalue weighted by molar-refractivity contribution is 6.22. The van der Waals surface area contributed by atoms with Gasteiger partial charge in [-0.2, -0.15) is 0 Å². The highest BCUT2D eigenvalue weighted by Crippen LogP contribution is 2.57. The second kappa shape index (κ2) is 5.01. The molecule has 0 aromatic heterocycles. The number of amides is 2. The van der Waals surface area contributed by atoms with Gasteiger partial charge in [0.25, 0.3) is 0 Å². The van der Waals surface area contributed by atoms with E-state index in [2.05, 4.69) is 0 Å². The highest BCUT2D eigenvalue weighted by Gasteiger charge is 2.59. The number of rotatable bonds is 1. The van der Waals surface area contributed by atoms with E-state index in [0.717, 1.165) is 43.4 Å². The average Bonchev–Trinajstić information content (AvgIpc) is 3.26. The summed E-state index contributed by atoms with van der Waals surface area (Å²) in [5.74, 6) is -0.942. The molecule has 24 heavy (non-hydrogen) atoms. The molecule has 3 nitrogen and oxygen atoms in total. The zero-order valence-electron chi connectivity index (χ0n) is 13.5. The van der Waals surface area contributed by atoms with E-state index < -0.39 is 5.82 Å². The summed E-state index contributed by atoms with van der Waals surface area (Å²) in [6, 6.07) is 6.13. The number of hydrogen-bond donors (Lipinski definition) is 0. The molecule has 1 aromatic carbocycles. The second-order valence-corrected chi connectivity index (χ2v) is 7.56. The molecule has 0 unspecified atom stereocenters. The largest absolute Gasteiger partial charge is 0.274 e. The molecule has 124 valence electrons. The van der Waals surface area contributed by atoms with Gasteiger partial charge in [-0.1, -0.05) is 23.3 Å². The summed E-state index contributed by atoms with van der Waals surface area (Å²) in [4.78, 5) is 27.5. The number of allylic oxidation sites excluding steroid dienone is 2. The molecule has 4 aliphatic rings. The van der Waals surface area contributed by atoms with Gasteiger partial charge in [0.1, 0.15) is 5.82 Å². The lowest BCUT2D eigenvalue weighted by atomic mass is 9.66. The maximum Gasteiger partial charge on any atom is 0.238 e. The third kappa shape index (κ3) is 1.72. The Hall–Kier alpha value is -1.97. The fraction of sp³-hybridized carbons (Fsp3) is 0.500. The van der Waals surface area contributed by atoms with Crippen molar-refractivity contribution in [1.29, 1.82) is 0 Å². The van der Waals surface area contributed by atoms with Crippen molar-refractivity contribution in [2.75, 3.05) is 4.90 Å². The summed E-state index contributed by atoms with van der Waals surface area (Å²) in [5.41, 5.74) is 3.06. The number of para-hydroxylation sites is 1. The first-order chi connectivity index (χ1) is 11.7. The smallest absolute Gasteiger partial charge is 0.238 e. The number of nitrogens with zero attached hydrogens (tertiary/aromatic N) is 1. The summed E-state index contributed by atoms with van der Waals surface area (Å²) in [5, 5.41) is 0. The minimum atomic E-state index is -0.496. The zero-order valence-corrected chi connectivity index (χ0v) is 13.5. The third-order valence-electron chi connectivity index (χ3n) is 6.59. The van der Waals surface area contributed by atoms with Gasteiger partial charge in [0, 0.05) is 0 Å². The van der Waals surface area contributed by atoms with Gasteiger partial charge in [-0.3, -0.25) is 9.59 Å². The molecule has 2 amide bonds. The highest BCUT2D eigenvalue weighted by atomic mass is 19.1. The van der Waals surface area contributed by atoms with Crippen LogP contribution < -0.4 is 4.90 Å². The Morgan fingerprint density at radius 3 is 1.96 bits per heavy atom. The number of benzene rings is 1. The van der Waals surface area contributed by atoms with Crippen LogP contribution in [-0.4, -0.2) is 11.8 Å². The fourth-order valence-corrected chi connectivity index (χ4v) is 5.76. The maximum atomic E-state index is 14.2. The second-order valence-electron chi connectivity index (χ2n) is 7.56. The topological polar surface area (TPSA) is 37.4 Å². The lowest BCUT2D eigenvalue weighted by Gasteiger charge is -2.34. The molecule has 0 radical (unpaired) electrons.